The number of hydrogen-bond donors (Lipinski definition) is 0. The molecule has 5 aliphatic rings. The van der Waals surface area contributed by atoms with Crippen LogP contribution in [0.2, 0.25) is 10.0 Å². The van der Waals surface area contributed by atoms with E-state index < -0.39 is 4.57 Å². The summed E-state index contributed by atoms with van der Waals surface area (Å²) in [5, 5.41) is 8.57. The average Bonchev–Trinajstić information content (AvgIpc) is 4.02. The van der Waals surface area contributed by atoms with Crippen molar-refractivity contribution < 1.29 is 0 Å². The van der Waals surface area contributed by atoms with Crippen LogP contribution in [-0.4, -0.2) is 44.8 Å². The summed E-state index contributed by atoms with van der Waals surface area (Å²) in [6.07, 6.45) is 0. The van der Waals surface area contributed by atoms with Crippen LogP contribution in [0.15, 0.2) is 165 Å². The Balaban J connectivity index is 1.18. The first-order valence-electron chi connectivity index (χ1n) is 19.3. The lowest BCUT2D eigenvalue weighted by Crippen LogP contribution is -2.28. The molecule has 0 N–H and O–H groups in total. The molecule has 8 bridgehead atoms. The quantitative estimate of drug-likeness (QED) is 0.0845. The number of alkyl halides is 1. The van der Waals surface area contributed by atoms with Crippen molar-refractivity contribution in [1.29, 1.82) is 0 Å². The third-order valence-corrected chi connectivity index (χ3v) is 15.7. The molecule has 8 nitrogen and oxygen atoms in total. The molecule has 13 rings (SSSR count). The van der Waals surface area contributed by atoms with Crippen LogP contribution in [0, 0.1) is 0 Å². The predicted molar refractivity (Wildman–Crippen MR) is 268 cm³/mol. The van der Waals surface area contributed by atoms with Crippen LogP contribution >= 0.6 is 87.1 Å². The molecule has 1 unspecified atom stereocenters. The molecule has 0 fully saturated rings. The van der Waals surface area contributed by atoms with Gasteiger partial charge in [-0.2, -0.15) is 0 Å². The third-order valence-electron chi connectivity index (χ3n) is 11.8. The number of hydrogen-bond acceptors (Lipinski definition) is 8. The van der Waals surface area contributed by atoms with E-state index in [-0.39, 0.29) is 0 Å². The topological polar surface area (TPSA) is 89.8 Å². The van der Waals surface area contributed by atoms with Crippen molar-refractivity contribution in [2.45, 2.75) is 4.57 Å². The van der Waals surface area contributed by atoms with Gasteiger partial charge in [0.25, 0.3) is 0 Å². The van der Waals surface area contributed by atoms with E-state index in [2.05, 4.69) is 125 Å². The minimum Gasteiger partial charge on any atom is -0.242 e. The maximum absolute atomic E-state index is 7.45. The fourth-order valence-corrected chi connectivity index (χ4v) is 12.8. The molecule has 5 aliphatic heterocycles. The fraction of sp³-hybridized carbons (Fsp3) is 0.0208. The van der Waals surface area contributed by atoms with E-state index in [0.29, 0.717) is 62.0 Å². The fourth-order valence-electron chi connectivity index (χ4n) is 9.00. The number of rotatable bonds is 0. The first-order valence-corrected chi connectivity index (χ1v) is 23.2. The minimum atomic E-state index is -1.40. The zero-order chi connectivity index (χ0) is 41.8. The molecular weight excluding hydrogens is 1080 g/mol. The highest BCUT2D eigenvalue weighted by atomic mass is 79.9. The van der Waals surface area contributed by atoms with Crippen LogP contribution in [0.3, 0.4) is 0 Å². The first-order chi connectivity index (χ1) is 30.1. The second kappa shape index (κ2) is 13.4. The van der Waals surface area contributed by atoms with Crippen molar-refractivity contribution in [1.82, 2.24) is 3.93 Å². The maximum atomic E-state index is 7.45. The number of aliphatic imine (C=N–C) groups is 7. The van der Waals surface area contributed by atoms with Gasteiger partial charge in [0, 0.05) is 53.1 Å². The molecule has 5 heterocycles. The van der Waals surface area contributed by atoms with E-state index >= 15 is 0 Å². The molecule has 294 valence electrons. The predicted octanol–water partition coefficient (Wildman–Crippen LogP) is 13.6. The van der Waals surface area contributed by atoms with Gasteiger partial charge in [-0.25, -0.2) is 38.9 Å². The van der Waals surface area contributed by atoms with Crippen LogP contribution in [0.25, 0.3) is 43.1 Å². The lowest BCUT2D eigenvalue weighted by Gasteiger charge is -2.20. The molecule has 0 radical (unpaired) electrons. The Morgan fingerprint density at radius 3 is 1.50 bits per heavy atom. The minimum absolute atomic E-state index is 0.318. The molecule has 0 aromatic heterocycles. The summed E-state index contributed by atoms with van der Waals surface area (Å²) in [6, 6.07) is 40.8. The zero-order valence-corrected chi connectivity index (χ0v) is 39.2. The van der Waals surface area contributed by atoms with Crippen molar-refractivity contribution in [3.63, 3.8) is 0 Å². The number of halogens is 6. The van der Waals surface area contributed by atoms with Gasteiger partial charge >= 0.3 is 0 Å². The Kier molecular flexibility index (Phi) is 8.07. The monoisotopic (exact) mass is 1090 g/mol. The normalized spacial score (nSPS) is 18.2. The average molecular weight is 1100 g/mol. The number of nitrogens with zero attached hydrogens (tertiary/aromatic N) is 8. The molecular formula is C48H20Br4Cl2N8. The zero-order valence-electron chi connectivity index (χ0n) is 31.4. The van der Waals surface area contributed by atoms with Gasteiger partial charge in [0.15, 0.2) is 40.8 Å². The van der Waals surface area contributed by atoms with Crippen molar-refractivity contribution >= 4 is 171 Å². The van der Waals surface area contributed by atoms with Crippen molar-refractivity contribution in [2.75, 3.05) is 0 Å². The highest BCUT2D eigenvalue weighted by Crippen LogP contribution is 2.53. The molecule has 0 saturated heterocycles. The molecule has 0 aliphatic carbocycles. The summed E-state index contributed by atoms with van der Waals surface area (Å²) >= 11 is 30.9. The van der Waals surface area contributed by atoms with Crippen LogP contribution in [0.5, 0.6) is 0 Å². The second-order valence-corrected chi connectivity index (χ2v) is 19.4. The van der Waals surface area contributed by atoms with Gasteiger partial charge in [0.2, 0.25) is 4.57 Å². The molecule has 0 saturated carbocycles. The summed E-state index contributed by atoms with van der Waals surface area (Å²) in [5.41, 5.74) is 5.93. The molecule has 8 aromatic rings. The van der Waals surface area contributed by atoms with E-state index in [4.69, 9.17) is 58.1 Å². The largest absolute Gasteiger partial charge is 0.242 e. The van der Waals surface area contributed by atoms with Crippen LogP contribution in [0.4, 0.5) is 0 Å². The van der Waals surface area contributed by atoms with Gasteiger partial charge in [-0.3, -0.25) is 0 Å². The number of amidine groups is 7. The SMILES string of the molecule is Clc1c2c(c(Cl)c3ccccc13)C1=NC2=NC2=NC(Br)(N=C3N=C(N=C4N=C(c5cc6ccccc6cc54)N1Br)c1cc4ccccc4cc13)c1c2c(Br)c2ccccc2c1Br. The van der Waals surface area contributed by atoms with Gasteiger partial charge in [-0.1, -0.05) is 120 Å². The van der Waals surface area contributed by atoms with E-state index in [1.165, 1.54) is 0 Å². The lowest BCUT2D eigenvalue weighted by molar-refractivity contribution is 0.734. The first kappa shape index (κ1) is 37.4. The molecule has 8 aromatic carbocycles. The Labute approximate surface area is 396 Å². The molecule has 62 heavy (non-hydrogen) atoms. The molecule has 1 atom stereocenters. The highest BCUT2D eigenvalue weighted by Gasteiger charge is 2.45. The number of fused-ring (bicyclic) bond motifs is 20. The van der Waals surface area contributed by atoms with Crippen molar-refractivity contribution in [2.24, 2.45) is 34.9 Å². The smallest absolute Gasteiger partial charge is 0.237 e. The summed E-state index contributed by atoms with van der Waals surface area (Å²) in [5.74, 6) is 3.08. The Morgan fingerprint density at radius 1 is 0.435 bits per heavy atom. The highest BCUT2D eigenvalue weighted by molar-refractivity contribution is 9.11. The van der Waals surface area contributed by atoms with Gasteiger partial charge < -0.3 is 0 Å². The van der Waals surface area contributed by atoms with Crippen molar-refractivity contribution in [3.05, 3.63) is 185 Å². The van der Waals surface area contributed by atoms with E-state index in [1.54, 1.807) is 3.93 Å². The van der Waals surface area contributed by atoms with Crippen LogP contribution < -0.4 is 0 Å². The van der Waals surface area contributed by atoms with Gasteiger partial charge in [-0.15, -0.1) is 0 Å². The standard InChI is InChI=1S/C48H20Br4Cl2N8/c49-37-25-13-5-6-14-26(25)38(50)36-35(37)45-57-44-33-34(40(54)28-16-8-7-15-27(28)39(33)53)47(59-44)62(52)46-32-20-24-12-4-3-11-23(24)19-31(32)42(58-46)55-41-29-17-21-9-1-2-10-22(21)18-30(29)43(56-41)60-48(36,51)61-45/h1-20H. The van der Waals surface area contributed by atoms with Crippen LogP contribution in [-0.2, 0) is 4.57 Å². The van der Waals surface area contributed by atoms with Gasteiger partial charge in [0.05, 0.1) is 37.3 Å². The second-order valence-electron chi connectivity index (χ2n) is 15.3. The van der Waals surface area contributed by atoms with E-state index in [1.807, 2.05) is 60.7 Å². The van der Waals surface area contributed by atoms with E-state index in [9.17, 15) is 0 Å². The van der Waals surface area contributed by atoms with Crippen LogP contribution in [0.1, 0.15) is 44.5 Å². The van der Waals surface area contributed by atoms with Gasteiger partial charge in [0.1, 0.15) is 0 Å². The summed E-state index contributed by atoms with van der Waals surface area (Å²) in [7, 11) is 0. The lowest BCUT2D eigenvalue weighted by atomic mass is 9.99. The Hall–Kier alpha value is -5.21. The van der Waals surface area contributed by atoms with Gasteiger partial charge in [-0.05, 0) is 104 Å². The Bertz CT molecular complexity index is 3740. The summed E-state index contributed by atoms with van der Waals surface area (Å²) in [4.78, 5) is 37.2. The Morgan fingerprint density at radius 2 is 0.871 bits per heavy atom. The molecule has 0 amide bonds. The number of benzene rings is 8. The summed E-state index contributed by atoms with van der Waals surface area (Å²) < 4.78 is 1.97. The third kappa shape index (κ3) is 5.19. The van der Waals surface area contributed by atoms with E-state index in [0.717, 1.165) is 85.4 Å². The maximum Gasteiger partial charge on any atom is 0.237 e. The van der Waals surface area contributed by atoms with Crippen molar-refractivity contribution in [3.8, 4) is 0 Å². The molecule has 14 heteroatoms. The molecule has 0 spiro atoms. The summed E-state index contributed by atoms with van der Waals surface area (Å²) in [6.45, 7) is 0.